The van der Waals surface area contributed by atoms with E-state index in [1.807, 2.05) is 6.92 Å². The number of rotatable bonds is 3. The van der Waals surface area contributed by atoms with E-state index in [1.165, 1.54) is 6.92 Å². The lowest BCUT2D eigenvalue weighted by molar-refractivity contribution is -0.118. The van der Waals surface area contributed by atoms with Crippen molar-refractivity contribution in [3.05, 3.63) is 46.8 Å². The molecule has 1 aliphatic carbocycles. The Labute approximate surface area is 110 Å². The van der Waals surface area contributed by atoms with E-state index in [-0.39, 0.29) is 28.9 Å². The molecular formula is C14H14N2O3. The summed E-state index contributed by atoms with van der Waals surface area (Å²) < 4.78 is 0. The molecule has 0 bridgehead atoms. The Morgan fingerprint density at radius 3 is 2.05 bits per heavy atom. The number of Topliss-reactive ketones (excluding diaryl/α,β-unsaturated/α-hetero) is 2. The van der Waals surface area contributed by atoms with Gasteiger partial charge in [-0.2, -0.15) is 0 Å². The van der Waals surface area contributed by atoms with Crippen molar-refractivity contribution >= 4 is 17.5 Å². The average Bonchev–Trinajstić information content (AvgIpc) is 2.39. The largest absolute Gasteiger partial charge is 0.380 e. The van der Waals surface area contributed by atoms with E-state index in [9.17, 15) is 14.4 Å². The Bertz CT molecular complexity index is 602. The van der Waals surface area contributed by atoms with Gasteiger partial charge in [0.15, 0.2) is 0 Å². The maximum absolute atomic E-state index is 12.3. The summed E-state index contributed by atoms with van der Waals surface area (Å²) in [6, 6.07) is 6.59. The van der Waals surface area contributed by atoms with Gasteiger partial charge in [-0.15, -0.1) is 0 Å². The van der Waals surface area contributed by atoms with Crippen LogP contribution in [0.2, 0.25) is 0 Å². The standard InChI is InChI=1S/C14H14N2O3/c1-3-15-11-12(16-8(2)17)14(19)10-7-5-4-6-9(10)13(11)18/h4-7,15H,3H2,1-2H3,(H,16,17). The molecule has 2 rings (SSSR count). The Hall–Kier alpha value is -2.43. The van der Waals surface area contributed by atoms with Gasteiger partial charge in [-0.1, -0.05) is 24.3 Å². The number of hydrogen-bond donors (Lipinski definition) is 2. The third-order valence-corrected chi connectivity index (χ3v) is 2.78. The molecular weight excluding hydrogens is 244 g/mol. The molecule has 0 unspecified atom stereocenters. The predicted molar refractivity (Wildman–Crippen MR) is 69.6 cm³/mol. The lowest BCUT2D eigenvalue weighted by atomic mass is 9.90. The zero-order valence-electron chi connectivity index (χ0n) is 10.7. The number of amides is 1. The second-order valence-electron chi connectivity index (χ2n) is 4.17. The van der Waals surface area contributed by atoms with E-state index in [0.717, 1.165) is 0 Å². The third-order valence-electron chi connectivity index (χ3n) is 2.78. The molecule has 0 radical (unpaired) electrons. The molecule has 19 heavy (non-hydrogen) atoms. The molecule has 0 saturated carbocycles. The number of allylic oxidation sites excluding steroid dienone is 2. The van der Waals surface area contributed by atoms with Crippen molar-refractivity contribution in [2.75, 3.05) is 6.54 Å². The molecule has 1 aliphatic rings. The van der Waals surface area contributed by atoms with E-state index in [2.05, 4.69) is 10.6 Å². The van der Waals surface area contributed by atoms with Gasteiger partial charge in [-0.05, 0) is 6.92 Å². The van der Waals surface area contributed by atoms with E-state index in [0.29, 0.717) is 17.7 Å². The maximum Gasteiger partial charge on any atom is 0.221 e. The van der Waals surface area contributed by atoms with Crippen LogP contribution in [-0.2, 0) is 4.79 Å². The van der Waals surface area contributed by atoms with Crippen molar-refractivity contribution < 1.29 is 14.4 Å². The fourth-order valence-corrected chi connectivity index (χ4v) is 2.02. The summed E-state index contributed by atoms with van der Waals surface area (Å²) >= 11 is 0. The first-order valence-corrected chi connectivity index (χ1v) is 6.00. The van der Waals surface area contributed by atoms with Gasteiger partial charge in [-0.3, -0.25) is 14.4 Å². The van der Waals surface area contributed by atoms with Gasteiger partial charge in [0.2, 0.25) is 17.5 Å². The van der Waals surface area contributed by atoms with Gasteiger partial charge in [0.25, 0.3) is 0 Å². The maximum atomic E-state index is 12.3. The van der Waals surface area contributed by atoms with Gasteiger partial charge in [-0.25, -0.2) is 0 Å². The first-order valence-electron chi connectivity index (χ1n) is 6.00. The van der Waals surface area contributed by atoms with Gasteiger partial charge in [0, 0.05) is 24.6 Å². The van der Waals surface area contributed by atoms with Crippen LogP contribution in [0.5, 0.6) is 0 Å². The first kappa shape index (κ1) is 13.0. The lowest BCUT2D eigenvalue weighted by Crippen LogP contribution is -2.37. The van der Waals surface area contributed by atoms with Crippen LogP contribution in [0.3, 0.4) is 0 Å². The van der Waals surface area contributed by atoms with E-state index in [4.69, 9.17) is 0 Å². The molecule has 0 aliphatic heterocycles. The van der Waals surface area contributed by atoms with E-state index < -0.39 is 0 Å². The zero-order valence-corrected chi connectivity index (χ0v) is 10.7. The predicted octanol–water partition coefficient (Wildman–Crippen LogP) is 1.02. The Morgan fingerprint density at radius 2 is 1.58 bits per heavy atom. The topological polar surface area (TPSA) is 75.3 Å². The second kappa shape index (κ2) is 5.06. The molecule has 0 saturated heterocycles. The summed E-state index contributed by atoms with van der Waals surface area (Å²) in [5.74, 6) is -1.01. The molecule has 5 heteroatoms. The molecule has 1 aromatic carbocycles. The third kappa shape index (κ3) is 2.27. The van der Waals surface area contributed by atoms with Gasteiger partial charge >= 0.3 is 0 Å². The molecule has 0 atom stereocenters. The van der Waals surface area contributed by atoms with Gasteiger partial charge in [0.05, 0.1) is 0 Å². The van der Waals surface area contributed by atoms with E-state index >= 15 is 0 Å². The van der Waals surface area contributed by atoms with Crippen molar-refractivity contribution in [1.29, 1.82) is 0 Å². The minimum atomic E-state index is -0.383. The number of carbonyl (C=O) groups is 3. The van der Waals surface area contributed by atoms with Crippen LogP contribution >= 0.6 is 0 Å². The molecule has 5 nitrogen and oxygen atoms in total. The van der Waals surface area contributed by atoms with Crippen LogP contribution in [0, 0.1) is 0 Å². The number of likely N-dealkylation sites (N-methyl/N-ethyl adjacent to an activating group) is 1. The summed E-state index contributed by atoms with van der Waals surface area (Å²) in [6.45, 7) is 3.60. The minimum Gasteiger partial charge on any atom is -0.380 e. The first-order chi connectivity index (χ1) is 9.06. The van der Waals surface area contributed by atoms with Crippen LogP contribution in [0.1, 0.15) is 34.6 Å². The highest BCUT2D eigenvalue weighted by atomic mass is 16.2. The number of carbonyl (C=O) groups excluding carboxylic acids is 3. The fraction of sp³-hybridized carbons (Fsp3) is 0.214. The second-order valence-corrected chi connectivity index (χ2v) is 4.17. The molecule has 0 fully saturated rings. The Balaban J connectivity index is 2.58. The van der Waals surface area contributed by atoms with Crippen molar-refractivity contribution in [2.45, 2.75) is 13.8 Å². The minimum absolute atomic E-state index is 0.0260. The summed E-state index contributed by atoms with van der Waals surface area (Å²) in [7, 11) is 0. The van der Waals surface area contributed by atoms with Crippen LogP contribution in [-0.4, -0.2) is 24.0 Å². The number of ketones is 2. The number of fused-ring (bicyclic) bond motifs is 1. The van der Waals surface area contributed by atoms with Crippen molar-refractivity contribution in [1.82, 2.24) is 10.6 Å². The summed E-state index contributed by atoms with van der Waals surface area (Å²) in [5, 5.41) is 5.30. The number of nitrogens with one attached hydrogen (secondary N) is 2. The van der Waals surface area contributed by atoms with Gasteiger partial charge in [0.1, 0.15) is 11.4 Å². The smallest absolute Gasteiger partial charge is 0.221 e. The normalized spacial score (nSPS) is 14.2. The van der Waals surface area contributed by atoms with Gasteiger partial charge < -0.3 is 10.6 Å². The molecule has 1 aromatic rings. The molecule has 1 amide bonds. The molecule has 0 heterocycles. The summed E-state index contributed by atoms with van der Waals surface area (Å²) in [4.78, 5) is 35.8. The SMILES string of the molecule is CCNC1=C(NC(C)=O)C(=O)c2ccccc2C1=O. The summed E-state index contributed by atoms with van der Waals surface area (Å²) in [5.41, 5.74) is 0.856. The number of hydrogen-bond acceptors (Lipinski definition) is 4. The van der Waals surface area contributed by atoms with E-state index in [1.54, 1.807) is 24.3 Å². The highest BCUT2D eigenvalue weighted by Gasteiger charge is 2.32. The van der Waals surface area contributed by atoms with Crippen molar-refractivity contribution in [3.8, 4) is 0 Å². The Morgan fingerprint density at radius 1 is 1.05 bits per heavy atom. The number of benzene rings is 1. The van der Waals surface area contributed by atoms with Crippen LogP contribution in [0.15, 0.2) is 35.7 Å². The van der Waals surface area contributed by atoms with Crippen LogP contribution in [0.4, 0.5) is 0 Å². The van der Waals surface area contributed by atoms with Crippen LogP contribution in [0.25, 0.3) is 0 Å². The van der Waals surface area contributed by atoms with Crippen molar-refractivity contribution in [2.24, 2.45) is 0 Å². The highest BCUT2D eigenvalue weighted by molar-refractivity contribution is 6.27. The highest BCUT2D eigenvalue weighted by Crippen LogP contribution is 2.23. The van der Waals surface area contributed by atoms with Crippen molar-refractivity contribution in [3.63, 3.8) is 0 Å². The average molecular weight is 258 g/mol. The van der Waals surface area contributed by atoms with Crippen LogP contribution < -0.4 is 10.6 Å². The molecule has 0 aromatic heterocycles. The quantitative estimate of drug-likeness (QED) is 0.849. The molecule has 0 spiro atoms. The Kier molecular flexibility index (Phi) is 3.46. The molecule has 2 N–H and O–H groups in total. The summed E-state index contributed by atoms with van der Waals surface area (Å²) in [6.07, 6.45) is 0. The lowest BCUT2D eigenvalue weighted by Gasteiger charge is -2.21. The zero-order chi connectivity index (χ0) is 14.0. The monoisotopic (exact) mass is 258 g/mol. The molecule has 98 valence electrons. The fourth-order valence-electron chi connectivity index (χ4n) is 2.02.